The van der Waals surface area contributed by atoms with Crippen LogP contribution in [0.5, 0.6) is 0 Å². The van der Waals surface area contributed by atoms with Gasteiger partial charge in [0.2, 0.25) is 0 Å². The largest absolute Gasteiger partial charge is 0.310 e. The maximum Gasteiger partial charge on any atom is 0.0467 e. The summed E-state index contributed by atoms with van der Waals surface area (Å²) in [4.78, 5) is 2.36. The van der Waals surface area contributed by atoms with Crippen molar-refractivity contribution in [3.05, 3.63) is 212 Å². The maximum absolute atomic E-state index is 2.36. The van der Waals surface area contributed by atoms with E-state index in [1.54, 1.807) is 0 Å². The molecule has 0 amide bonds. The maximum atomic E-state index is 2.36. The Balaban J connectivity index is 1.10. The van der Waals surface area contributed by atoms with E-state index >= 15 is 0 Å². The summed E-state index contributed by atoms with van der Waals surface area (Å²) in [6.07, 6.45) is 0. The summed E-state index contributed by atoms with van der Waals surface area (Å²) in [6.45, 7) is 0. The average Bonchev–Trinajstić information content (AvgIpc) is 3.21. The van der Waals surface area contributed by atoms with Gasteiger partial charge in [-0.1, -0.05) is 164 Å². The van der Waals surface area contributed by atoms with Crippen LogP contribution in [-0.2, 0) is 0 Å². The van der Waals surface area contributed by atoms with Crippen molar-refractivity contribution in [2.45, 2.75) is 0 Å². The van der Waals surface area contributed by atoms with Crippen LogP contribution >= 0.6 is 0 Å². The van der Waals surface area contributed by atoms with E-state index in [1.165, 1.54) is 66.1 Å². The Bertz CT molecular complexity index is 2610. The molecule has 0 aliphatic carbocycles. The summed E-state index contributed by atoms with van der Waals surface area (Å²) >= 11 is 0. The molecule has 240 valence electrons. The van der Waals surface area contributed by atoms with Crippen LogP contribution < -0.4 is 4.90 Å². The van der Waals surface area contributed by atoms with Crippen LogP contribution in [-0.4, -0.2) is 0 Å². The molecule has 0 unspecified atom stereocenters. The Morgan fingerprint density at radius 1 is 0.235 bits per heavy atom. The van der Waals surface area contributed by atoms with Crippen LogP contribution in [0.25, 0.3) is 66.1 Å². The first-order valence-electron chi connectivity index (χ1n) is 17.5. The van der Waals surface area contributed by atoms with Gasteiger partial charge in [-0.3, -0.25) is 0 Å². The zero-order chi connectivity index (χ0) is 34.0. The molecule has 1 heteroatoms. The van der Waals surface area contributed by atoms with Crippen LogP contribution in [0.15, 0.2) is 212 Å². The van der Waals surface area contributed by atoms with Crippen molar-refractivity contribution in [2.24, 2.45) is 0 Å². The molecule has 0 saturated heterocycles. The molecule has 0 radical (unpaired) electrons. The highest BCUT2D eigenvalue weighted by Gasteiger charge is 2.15. The predicted molar refractivity (Wildman–Crippen MR) is 218 cm³/mol. The van der Waals surface area contributed by atoms with Gasteiger partial charge in [-0.15, -0.1) is 0 Å². The number of fused-ring (bicyclic) bond motifs is 2. The molecule has 9 aromatic carbocycles. The molecule has 0 spiro atoms. The molecule has 0 aromatic heterocycles. The van der Waals surface area contributed by atoms with Crippen molar-refractivity contribution in [1.82, 2.24) is 0 Å². The van der Waals surface area contributed by atoms with E-state index in [1.807, 2.05) is 0 Å². The minimum absolute atomic E-state index is 1.10. The lowest BCUT2D eigenvalue weighted by molar-refractivity contribution is 1.28. The third kappa shape index (κ3) is 6.07. The van der Waals surface area contributed by atoms with E-state index < -0.39 is 0 Å². The van der Waals surface area contributed by atoms with Gasteiger partial charge in [-0.2, -0.15) is 0 Å². The Kier molecular flexibility index (Phi) is 7.92. The Labute approximate surface area is 299 Å². The number of hydrogen-bond acceptors (Lipinski definition) is 1. The molecular formula is C50H35N. The predicted octanol–water partition coefficient (Wildman–Crippen LogP) is 14.1. The van der Waals surface area contributed by atoms with Crippen molar-refractivity contribution in [2.75, 3.05) is 4.90 Å². The summed E-state index contributed by atoms with van der Waals surface area (Å²) in [5, 5.41) is 5.02. The summed E-state index contributed by atoms with van der Waals surface area (Å²) < 4.78 is 0. The molecule has 0 saturated carbocycles. The van der Waals surface area contributed by atoms with E-state index in [0.717, 1.165) is 17.1 Å². The lowest BCUT2D eigenvalue weighted by atomic mass is 9.97. The van der Waals surface area contributed by atoms with E-state index in [9.17, 15) is 0 Å². The van der Waals surface area contributed by atoms with Gasteiger partial charge in [0.15, 0.2) is 0 Å². The fourth-order valence-electron chi connectivity index (χ4n) is 7.22. The first-order valence-corrected chi connectivity index (χ1v) is 17.5. The number of hydrogen-bond donors (Lipinski definition) is 0. The fourth-order valence-corrected chi connectivity index (χ4v) is 7.22. The molecule has 9 aromatic rings. The van der Waals surface area contributed by atoms with Gasteiger partial charge < -0.3 is 4.90 Å². The quantitative estimate of drug-likeness (QED) is 0.166. The molecular weight excluding hydrogens is 615 g/mol. The normalized spacial score (nSPS) is 11.1. The van der Waals surface area contributed by atoms with Gasteiger partial charge in [-0.25, -0.2) is 0 Å². The number of benzene rings is 9. The fraction of sp³-hybridized carbons (Fsp3) is 0. The van der Waals surface area contributed by atoms with Crippen LogP contribution in [0.4, 0.5) is 17.1 Å². The summed E-state index contributed by atoms with van der Waals surface area (Å²) in [6, 6.07) is 76.6. The SMILES string of the molecule is c1ccc(-c2ccc(N(c3ccc(-c4cccc(-c5ccc6ccccc6c5)c4)cc3)c3cccc(-c4cccc5ccccc45)c3)cc2)cc1. The highest BCUT2D eigenvalue weighted by Crippen LogP contribution is 2.39. The number of rotatable bonds is 7. The van der Waals surface area contributed by atoms with Crippen molar-refractivity contribution < 1.29 is 0 Å². The first kappa shape index (κ1) is 30.4. The van der Waals surface area contributed by atoms with Gasteiger partial charge in [-0.05, 0) is 115 Å². The van der Waals surface area contributed by atoms with Gasteiger partial charge in [0, 0.05) is 17.1 Å². The lowest BCUT2D eigenvalue weighted by Crippen LogP contribution is -2.10. The van der Waals surface area contributed by atoms with Crippen LogP contribution in [0.1, 0.15) is 0 Å². The molecule has 0 fully saturated rings. The second-order valence-corrected chi connectivity index (χ2v) is 13.0. The van der Waals surface area contributed by atoms with Gasteiger partial charge in [0.25, 0.3) is 0 Å². The van der Waals surface area contributed by atoms with Crippen molar-refractivity contribution in [1.29, 1.82) is 0 Å². The molecule has 0 aliphatic heterocycles. The molecule has 51 heavy (non-hydrogen) atoms. The third-order valence-electron chi connectivity index (χ3n) is 9.84. The molecule has 0 heterocycles. The lowest BCUT2D eigenvalue weighted by Gasteiger charge is -2.26. The van der Waals surface area contributed by atoms with E-state index in [-0.39, 0.29) is 0 Å². The van der Waals surface area contributed by atoms with E-state index in [4.69, 9.17) is 0 Å². The second kappa shape index (κ2) is 13.3. The van der Waals surface area contributed by atoms with Crippen molar-refractivity contribution >= 4 is 38.6 Å². The topological polar surface area (TPSA) is 3.24 Å². The second-order valence-electron chi connectivity index (χ2n) is 13.0. The van der Waals surface area contributed by atoms with Gasteiger partial charge in [0.1, 0.15) is 0 Å². The highest BCUT2D eigenvalue weighted by atomic mass is 15.1. The highest BCUT2D eigenvalue weighted by molar-refractivity contribution is 5.97. The van der Waals surface area contributed by atoms with Crippen molar-refractivity contribution in [3.8, 4) is 44.5 Å². The number of nitrogens with zero attached hydrogens (tertiary/aromatic N) is 1. The summed E-state index contributed by atoms with van der Waals surface area (Å²) in [5.74, 6) is 0. The zero-order valence-electron chi connectivity index (χ0n) is 28.2. The summed E-state index contributed by atoms with van der Waals surface area (Å²) in [7, 11) is 0. The van der Waals surface area contributed by atoms with Gasteiger partial charge in [0.05, 0.1) is 0 Å². The molecule has 1 nitrogen and oxygen atoms in total. The molecule has 0 N–H and O–H groups in total. The molecule has 0 aliphatic rings. The monoisotopic (exact) mass is 649 g/mol. The van der Waals surface area contributed by atoms with E-state index in [2.05, 4.69) is 217 Å². The smallest absolute Gasteiger partial charge is 0.0467 e. The van der Waals surface area contributed by atoms with Crippen LogP contribution in [0.3, 0.4) is 0 Å². The first-order chi connectivity index (χ1) is 25.3. The average molecular weight is 650 g/mol. The minimum Gasteiger partial charge on any atom is -0.310 e. The van der Waals surface area contributed by atoms with Crippen LogP contribution in [0, 0.1) is 0 Å². The zero-order valence-corrected chi connectivity index (χ0v) is 28.2. The number of anilines is 3. The third-order valence-corrected chi connectivity index (χ3v) is 9.84. The summed E-state index contributed by atoms with van der Waals surface area (Å²) in [5.41, 5.74) is 13.0. The molecule has 0 atom stereocenters. The molecule has 0 bridgehead atoms. The Morgan fingerprint density at radius 2 is 0.725 bits per heavy atom. The standard InChI is InChI=1S/C50H35N/c1-2-11-36(12-3-1)38-25-29-46(30-26-38)51(48-20-9-19-45(35-48)50-22-10-16-40-14-6-7-21-49(40)50)47-31-27-39(28-32-47)42-17-8-18-43(33-42)44-24-23-37-13-4-5-15-41(37)34-44/h1-35H. The molecule has 9 rings (SSSR count). The minimum atomic E-state index is 1.10. The van der Waals surface area contributed by atoms with Gasteiger partial charge >= 0.3 is 0 Å². The van der Waals surface area contributed by atoms with E-state index in [0.29, 0.717) is 0 Å². The van der Waals surface area contributed by atoms with Crippen molar-refractivity contribution in [3.63, 3.8) is 0 Å². The Hall–Kier alpha value is -6.70. The Morgan fingerprint density at radius 3 is 1.49 bits per heavy atom. The van der Waals surface area contributed by atoms with Crippen LogP contribution in [0.2, 0.25) is 0 Å².